The number of halogens is 3. The van der Waals surface area contributed by atoms with Crippen LogP contribution in [0, 0.1) is 0 Å². The summed E-state index contributed by atoms with van der Waals surface area (Å²) in [5, 5.41) is 8.16. The summed E-state index contributed by atoms with van der Waals surface area (Å²) in [6.45, 7) is 2.40. The minimum Gasteiger partial charge on any atom is -0.494 e. The topological polar surface area (TPSA) is 67.0 Å². The van der Waals surface area contributed by atoms with Crippen molar-refractivity contribution >= 4 is 11.7 Å². The highest BCUT2D eigenvalue weighted by Crippen LogP contribution is 2.39. The highest BCUT2D eigenvalue weighted by atomic mass is 19.4. The van der Waals surface area contributed by atoms with Gasteiger partial charge in [0, 0.05) is 0 Å². The number of H-pyrrole nitrogens is 1. The van der Waals surface area contributed by atoms with Gasteiger partial charge in [0.25, 0.3) is 0 Å². The Morgan fingerprint density at radius 1 is 1.11 bits per heavy atom. The summed E-state index contributed by atoms with van der Waals surface area (Å²) in [5.41, 5.74) is -0.183. The van der Waals surface area contributed by atoms with E-state index in [0.29, 0.717) is 23.5 Å². The maximum absolute atomic E-state index is 13.3. The van der Waals surface area contributed by atoms with Crippen molar-refractivity contribution in [1.82, 2.24) is 10.2 Å². The summed E-state index contributed by atoms with van der Waals surface area (Å²) in [4.78, 5) is 12.4. The van der Waals surface area contributed by atoms with Gasteiger partial charge in [0.15, 0.2) is 5.82 Å². The Morgan fingerprint density at radius 3 is 2.39 bits per heavy atom. The number of aromatic nitrogens is 2. The van der Waals surface area contributed by atoms with Crippen LogP contribution in [0.25, 0.3) is 11.1 Å². The standard InChI is InChI=1S/C20H18F3N3O2/c1-2-28-15-10-8-13(9-11-15)12-16(27)24-19-17(14-6-4-3-5-7-14)18(25-26-19)20(21,22)23/h3-11H,2,12H2,1H3,(H2,24,25,26,27). The van der Waals surface area contributed by atoms with Crippen LogP contribution in [-0.4, -0.2) is 22.7 Å². The summed E-state index contributed by atoms with van der Waals surface area (Å²) in [6.07, 6.45) is -4.63. The number of benzene rings is 2. The van der Waals surface area contributed by atoms with Gasteiger partial charge in [-0.3, -0.25) is 9.89 Å². The van der Waals surface area contributed by atoms with E-state index in [1.54, 1.807) is 42.5 Å². The van der Waals surface area contributed by atoms with Gasteiger partial charge in [-0.1, -0.05) is 42.5 Å². The van der Waals surface area contributed by atoms with Crippen molar-refractivity contribution < 1.29 is 22.7 Å². The van der Waals surface area contributed by atoms with E-state index in [0.717, 1.165) is 0 Å². The summed E-state index contributed by atoms with van der Waals surface area (Å²) in [7, 11) is 0. The van der Waals surface area contributed by atoms with Crippen molar-refractivity contribution in [2.45, 2.75) is 19.5 Å². The van der Waals surface area contributed by atoms with Crippen LogP contribution in [0.4, 0.5) is 19.0 Å². The Kier molecular flexibility index (Phi) is 5.67. The first-order valence-corrected chi connectivity index (χ1v) is 8.61. The van der Waals surface area contributed by atoms with Crippen molar-refractivity contribution in [2.24, 2.45) is 0 Å². The molecular weight excluding hydrogens is 371 g/mol. The third kappa shape index (κ3) is 4.51. The van der Waals surface area contributed by atoms with Crippen molar-refractivity contribution in [3.05, 3.63) is 65.9 Å². The van der Waals surface area contributed by atoms with Gasteiger partial charge < -0.3 is 10.1 Å². The molecule has 0 aliphatic rings. The Morgan fingerprint density at radius 2 is 1.79 bits per heavy atom. The van der Waals surface area contributed by atoms with Crippen LogP contribution in [-0.2, 0) is 17.4 Å². The van der Waals surface area contributed by atoms with E-state index in [-0.39, 0.29) is 17.8 Å². The Hall–Kier alpha value is -3.29. The molecule has 28 heavy (non-hydrogen) atoms. The molecule has 0 radical (unpaired) electrons. The first-order valence-electron chi connectivity index (χ1n) is 8.61. The zero-order valence-corrected chi connectivity index (χ0v) is 15.0. The molecule has 0 unspecified atom stereocenters. The average molecular weight is 389 g/mol. The predicted molar refractivity (Wildman–Crippen MR) is 99.0 cm³/mol. The molecule has 8 heteroatoms. The molecule has 1 amide bonds. The SMILES string of the molecule is CCOc1ccc(CC(=O)Nc2n[nH]c(C(F)(F)F)c2-c2ccccc2)cc1. The van der Waals surface area contributed by atoms with Gasteiger partial charge in [0.1, 0.15) is 11.4 Å². The second-order valence-electron chi connectivity index (χ2n) is 5.99. The van der Waals surface area contributed by atoms with Crippen LogP contribution in [0.15, 0.2) is 54.6 Å². The second-order valence-corrected chi connectivity index (χ2v) is 5.99. The number of alkyl halides is 3. The molecule has 0 saturated carbocycles. The van der Waals surface area contributed by atoms with Gasteiger partial charge in [-0.15, -0.1) is 0 Å². The number of hydrogen-bond acceptors (Lipinski definition) is 3. The molecule has 0 aliphatic heterocycles. The minimum absolute atomic E-state index is 0.00511. The molecule has 0 aliphatic carbocycles. The molecule has 1 heterocycles. The van der Waals surface area contributed by atoms with Gasteiger partial charge in [-0.05, 0) is 30.2 Å². The molecule has 146 valence electrons. The van der Waals surface area contributed by atoms with Crippen molar-refractivity contribution in [3.63, 3.8) is 0 Å². The smallest absolute Gasteiger partial charge is 0.433 e. The quantitative estimate of drug-likeness (QED) is 0.644. The molecule has 1 aromatic heterocycles. The average Bonchev–Trinajstić information content (AvgIpc) is 3.08. The monoisotopic (exact) mass is 389 g/mol. The lowest BCUT2D eigenvalue weighted by atomic mass is 10.0. The minimum atomic E-state index is -4.63. The lowest BCUT2D eigenvalue weighted by Gasteiger charge is -2.10. The number of amides is 1. The van der Waals surface area contributed by atoms with Crippen LogP contribution < -0.4 is 10.1 Å². The fourth-order valence-electron chi connectivity index (χ4n) is 2.76. The number of ether oxygens (including phenoxy) is 1. The van der Waals surface area contributed by atoms with E-state index in [2.05, 4.69) is 10.4 Å². The molecule has 2 N–H and O–H groups in total. The normalized spacial score (nSPS) is 11.3. The molecular formula is C20H18F3N3O2. The summed E-state index contributed by atoms with van der Waals surface area (Å²) >= 11 is 0. The van der Waals surface area contributed by atoms with E-state index < -0.39 is 17.8 Å². The van der Waals surface area contributed by atoms with E-state index in [1.165, 1.54) is 12.1 Å². The molecule has 0 atom stereocenters. The zero-order valence-electron chi connectivity index (χ0n) is 15.0. The number of nitrogens with zero attached hydrogens (tertiary/aromatic N) is 1. The highest BCUT2D eigenvalue weighted by Gasteiger charge is 2.38. The van der Waals surface area contributed by atoms with Crippen molar-refractivity contribution in [3.8, 4) is 16.9 Å². The molecule has 0 fully saturated rings. The summed E-state index contributed by atoms with van der Waals surface area (Å²) < 4.78 is 45.3. The van der Waals surface area contributed by atoms with Gasteiger partial charge in [-0.2, -0.15) is 18.3 Å². The first kappa shape index (κ1) is 19.5. The third-order valence-corrected chi connectivity index (χ3v) is 3.97. The van der Waals surface area contributed by atoms with Gasteiger partial charge in [0.05, 0.1) is 18.6 Å². The lowest BCUT2D eigenvalue weighted by Crippen LogP contribution is -2.15. The maximum Gasteiger partial charge on any atom is 0.433 e. The molecule has 0 saturated heterocycles. The number of hydrogen-bond donors (Lipinski definition) is 2. The lowest BCUT2D eigenvalue weighted by molar-refractivity contribution is -0.140. The van der Waals surface area contributed by atoms with Crippen LogP contribution in [0.1, 0.15) is 18.2 Å². The maximum atomic E-state index is 13.3. The fourth-order valence-corrected chi connectivity index (χ4v) is 2.76. The van der Waals surface area contributed by atoms with Gasteiger partial charge in [0.2, 0.25) is 5.91 Å². The van der Waals surface area contributed by atoms with Gasteiger partial charge >= 0.3 is 6.18 Å². The van der Waals surface area contributed by atoms with Gasteiger partial charge in [-0.25, -0.2) is 0 Å². The largest absolute Gasteiger partial charge is 0.494 e. The van der Waals surface area contributed by atoms with Crippen LogP contribution in [0.2, 0.25) is 0 Å². The first-order chi connectivity index (χ1) is 13.4. The molecule has 5 nitrogen and oxygen atoms in total. The van der Waals surface area contributed by atoms with Crippen LogP contribution in [0.3, 0.4) is 0 Å². The Labute approximate surface area is 159 Å². The van der Waals surface area contributed by atoms with E-state index in [1.807, 2.05) is 12.0 Å². The third-order valence-electron chi connectivity index (χ3n) is 3.97. The highest BCUT2D eigenvalue weighted by molar-refractivity contribution is 5.95. The summed E-state index contributed by atoms with van der Waals surface area (Å²) in [5.74, 6) is 0.0520. The molecule has 3 rings (SSSR count). The Balaban J connectivity index is 1.82. The second kappa shape index (κ2) is 8.16. The predicted octanol–water partition coefficient (Wildman–Crippen LogP) is 4.68. The number of nitrogens with one attached hydrogen (secondary N) is 2. The van der Waals surface area contributed by atoms with Crippen molar-refractivity contribution in [1.29, 1.82) is 0 Å². The molecule has 2 aromatic carbocycles. The van der Waals surface area contributed by atoms with E-state index in [4.69, 9.17) is 4.74 Å². The fraction of sp³-hybridized carbons (Fsp3) is 0.200. The number of aromatic amines is 1. The summed E-state index contributed by atoms with van der Waals surface area (Å²) in [6, 6.07) is 14.9. The Bertz CT molecular complexity index is 936. The van der Waals surface area contributed by atoms with Crippen LogP contribution >= 0.6 is 0 Å². The van der Waals surface area contributed by atoms with Crippen molar-refractivity contribution in [2.75, 3.05) is 11.9 Å². The van der Waals surface area contributed by atoms with E-state index >= 15 is 0 Å². The number of rotatable bonds is 6. The molecule has 0 spiro atoms. The number of carbonyl (C=O) groups is 1. The number of anilines is 1. The number of carbonyl (C=O) groups excluding carboxylic acids is 1. The van der Waals surface area contributed by atoms with Crippen LogP contribution in [0.5, 0.6) is 5.75 Å². The molecule has 3 aromatic rings. The zero-order chi connectivity index (χ0) is 20.1. The molecule has 0 bridgehead atoms. The van der Waals surface area contributed by atoms with E-state index in [9.17, 15) is 18.0 Å².